The number of rotatable bonds is 9. The molecule has 6 heteroatoms. The second-order valence-corrected chi connectivity index (χ2v) is 15.3. The van der Waals surface area contributed by atoms with Crippen LogP contribution in [0.3, 0.4) is 0 Å². The van der Waals surface area contributed by atoms with E-state index in [1.54, 1.807) is 0 Å². The SMILES string of the molecule is CC(C)c1cc2c(oc3ccccc32)c(C(C)C)c1-n1ccnc1-c1[c-]cccc1.CC(C)c1cccc(C(C)C)c1Cn1ccnc1-c1[c-]cccc1.[Ir]. The van der Waals surface area contributed by atoms with E-state index >= 15 is 0 Å². The number of benzene rings is 5. The first-order chi connectivity index (χ1) is 26.1. The van der Waals surface area contributed by atoms with E-state index in [2.05, 4.69) is 154 Å². The zero-order chi connectivity index (χ0) is 37.9. The number of furan rings is 1. The molecular formula is C49H50IrN4O-2. The Morgan fingerprint density at radius 2 is 1.18 bits per heavy atom. The van der Waals surface area contributed by atoms with Crippen LogP contribution in [0.4, 0.5) is 0 Å². The average molecular weight is 903 g/mol. The number of nitrogens with zero attached hydrogens (tertiary/aromatic N) is 4. The Hall–Kier alpha value is -5.03. The number of fused-ring (bicyclic) bond motifs is 3. The number of imidazole rings is 2. The fraction of sp³-hybridized carbons (Fsp3) is 0.265. The predicted octanol–water partition coefficient (Wildman–Crippen LogP) is 13.1. The molecule has 0 saturated carbocycles. The van der Waals surface area contributed by atoms with Gasteiger partial charge in [0, 0.05) is 73.5 Å². The molecule has 3 heterocycles. The van der Waals surface area contributed by atoms with Crippen molar-refractivity contribution in [1.82, 2.24) is 19.1 Å². The van der Waals surface area contributed by atoms with Crippen LogP contribution in [0.15, 0.2) is 126 Å². The minimum atomic E-state index is 0. The standard InChI is InChI=1S/C27H25N2O.C22H25N2.Ir/c1-17(2)21-16-22-20-12-8-9-13-23(20)30-26(22)24(18(3)4)25(21)29-15-14-28-27(29)19-10-6-5-7-11-19;1-16(2)19-11-8-12-20(17(3)4)21(19)15-24-14-13-23-22(24)18-9-6-5-7-10-18;/h5-10,12-18H,1-4H3;5-9,11-14,16-17H,15H2,1-4H3;/q2*-1;. The monoisotopic (exact) mass is 903 g/mol. The third-order valence-electron chi connectivity index (χ3n) is 10.2. The molecule has 0 bridgehead atoms. The molecule has 0 fully saturated rings. The van der Waals surface area contributed by atoms with Gasteiger partial charge in [-0.05, 0) is 58.1 Å². The minimum Gasteiger partial charge on any atom is -0.456 e. The van der Waals surface area contributed by atoms with Crippen LogP contribution in [0.1, 0.15) is 107 Å². The Morgan fingerprint density at radius 3 is 1.78 bits per heavy atom. The molecule has 283 valence electrons. The van der Waals surface area contributed by atoms with Crippen molar-refractivity contribution < 1.29 is 24.5 Å². The Morgan fingerprint density at radius 1 is 0.600 bits per heavy atom. The molecule has 5 aromatic carbocycles. The summed E-state index contributed by atoms with van der Waals surface area (Å²) in [6.45, 7) is 18.9. The zero-order valence-corrected chi connectivity index (χ0v) is 35.5. The summed E-state index contributed by atoms with van der Waals surface area (Å²) in [7, 11) is 0. The molecule has 8 rings (SSSR count). The van der Waals surface area contributed by atoms with Crippen molar-refractivity contribution in [3.63, 3.8) is 0 Å². The Labute approximate surface area is 339 Å². The zero-order valence-electron chi connectivity index (χ0n) is 33.1. The van der Waals surface area contributed by atoms with Gasteiger partial charge in [-0.3, -0.25) is 9.97 Å². The molecule has 0 aliphatic carbocycles. The van der Waals surface area contributed by atoms with Gasteiger partial charge in [0.1, 0.15) is 11.2 Å². The van der Waals surface area contributed by atoms with Gasteiger partial charge in [-0.15, -0.1) is 71.8 Å². The molecular weight excluding hydrogens is 853 g/mol. The van der Waals surface area contributed by atoms with Gasteiger partial charge in [0.15, 0.2) is 0 Å². The van der Waals surface area contributed by atoms with Crippen LogP contribution < -0.4 is 0 Å². The van der Waals surface area contributed by atoms with Crippen LogP contribution in [0.25, 0.3) is 50.4 Å². The summed E-state index contributed by atoms with van der Waals surface area (Å²) in [5, 5.41) is 2.36. The molecule has 3 aromatic heterocycles. The van der Waals surface area contributed by atoms with Crippen LogP contribution in [0.5, 0.6) is 0 Å². The van der Waals surface area contributed by atoms with Crippen molar-refractivity contribution in [1.29, 1.82) is 0 Å². The number of hydrogen-bond acceptors (Lipinski definition) is 3. The van der Waals surface area contributed by atoms with Gasteiger partial charge in [-0.1, -0.05) is 91.8 Å². The van der Waals surface area contributed by atoms with E-state index in [0.29, 0.717) is 17.8 Å². The van der Waals surface area contributed by atoms with Crippen molar-refractivity contribution in [3.8, 4) is 28.5 Å². The molecule has 0 atom stereocenters. The average Bonchev–Trinajstić information content (AvgIpc) is 3.94. The van der Waals surface area contributed by atoms with E-state index in [-0.39, 0.29) is 26.0 Å². The maximum atomic E-state index is 6.42. The molecule has 0 aliphatic heterocycles. The Balaban J connectivity index is 0.000000188. The van der Waals surface area contributed by atoms with Crippen LogP contribution in [0.2, 0.25) is 0 Å². The summed E-state index contributed by atoms with van der Waals surface area (Å²) in [6.07, 6.45) is 7.87. The van der Waals surface area contributed by atoms with Crippen molar-refractivity contribution >= 4 is 21.9 Å². The van der Waals surface area contributed by atoms with Crippen molar-refractivity contribution in [2.75, 3.05) is 0 Å². The van der Waals surface area contributed by atoms with Crippen LogP contribution in [-0.2, 0) is 26.7 Å². The van der Waals surface area contributed by atoms with Crippen molar-refractivity contribution in [2.24, 2.45) is 0 Å². The van der Waals surface area contributed by atoms with Gasteiger partial charge >= 0.3 is 0 Å². The third kappa shape index (κ3) is 8.03. The summed E-state index contributed by atoms with van der Waals surface area (Å²) >= 11 is 0. The molecule has 0 N–H and O–H groups in total. The Bertz CT molecular complexity index is 2460. The predicted molar refractivity (Wildman–Crippen MR) is 224 cm³/mol. The fourth-order valence-corrected chi connectivity index (χ4v) is 7.63. The van der Waals surface area contributed by atoms with Gasteiger partial charge in [-0.25, -0.2) is 0 Å². The molecule has 0 amide bonds. The van der Waals surface area contributed by atoms with E-state index in [4.69, 9.17) is 4.42 Å². The third-order valence-corrected chi connectivity index (χ3v) is 10.2. The van der Waals surface area contributed by atoms with Crippen molar-refractivity contribution in [2.45, 2.75) is 85.6 Å². The van der Waals surface area contributed by atoms with E-state index < -0.39 is 0 Å². The smallest absolute Gasteiger partial charge is 0.140 e. The second-order valence-electron chi connectivity index (χ2n) is 15.3. The van der Waals surface area contributed by atoms with Gasteiger partial charge in [-0.2, -0.15) is 0 Å². The van der Waals surface area contributed by atoms with E-state index in [9.17, 15) is 0 Å². The molecule has 5 nitrogen and oxygen atoms in total. The molecule has 0 aliphatic rings. The van der Waals surface area contributed by atoms with Crippen LogP contribution in [-0.4, -0.2) is 19.1 Å². The topological polar surface area (TPSA) is 48.8 Å². The van der Waals surface area contributed by atoms with Gasteiger partial charge in [0.2, 0.25) is 0 Å². The first-order valence-corrected chi connectivity index (χ1v) is 19.2. The maximum Gasteiger partial charge on any atom is 0.140 e. The van der Waals surface area contributed by atoms with Crippen LogP contribution in [0, 0.1) is 12.1 Å². The first-order valence-electron chi connectivity index (χ1n) is 19.2. The molecule has 55 heavy (non-hydrogen) atoms. The largest absolute Gasteiger partial charge is 0.456 e. The summed E-state index contributed by atoms with van der Waals surface area (Å²) < 4.78 is 10.9. The van der Waals surface area contributed by atoms with E-state index in [1.807, 2.05) is 54.9 Å². The number of para-hydroxylation sites is 1. The fourth-order valence-electron chi connectivity index (χ4n) is 7.63. The number of aromatic nitrogens is 4. The summed E-state index contributed by atoms with van der Waals surface area (Å²) in [5.41, 5.74) is 11.9. The molecule has 0 saturated heterocycles. The van der Waals surface area contributed by atoms with Gasteiger partial charge in [0.05, 0.1) is 11.6 Å². The van der Waals surface area contributed by atoms with Crippen molar-refractivity contribution in [3.05, 3.63) is 162 Å². The maximum absolute atomic E-state index is 6.42. The second kappa shape index (κ2) is 17.2. The molecule has 0 spiro atoms. The molecule has 0 unspecified atom stereocenters. The van der Waals surface area contributed by atoms with E-state index in [1.165, 1.54) is 44.3 Å². The van der Waals surface area contributed by atoms with E-state index in [0.717, 1.165) is 40.5 Å². The quantitative estimate of drug-likeness (QED) is 0.136. The van der Waals surface area contributed by atoms with Gasteiger partial charge < -0.3 is 13.6 Å². The molecule has 8 aromatic rings. The summed E-state index contributed by atoms with van der Waals surface area (Å²) in [6, 6.07) is 40.0. The van der Waals surface area contributed by atoms with Gasteiger partial charge in [0.25, 0.3) is 0 Å². The van der Waals surface area contributed by atoms with Crippen LogP contribution >= 0.6 is 0 Å². The number of hydrogen-bond donors (Lipinski definition) is 0. The molecule has 1 radical (unpaired) electrons. The minimum absolute atomic E-state index is 0. The first kappa shape index (κ1) is 39.7. The Kier molecular flexibility index (Phi) is 12.4. The normalized spacial score (nSPS) is 11.5. The summed E-state index contributed by atoms with van der Waals surface area (Å²) in [5.74, 6) is 3.53. The summed E-state index contributed by atoms with van der Waals surface area (Å²) in [4.78, 5) is 9.25.